The maximum Gasteiger partial charge on any atom is 0.255 e. The molecule has 5 nitrogen and oxygen atoms in total. The van der Waals surface area contributed by atoms with Crippen molar-refractivity contribution < 1.29 is 9.90 Å². The number of carbonyl (C=O) groups excluding carboxylic acids is 1. The second-order valence-electron chi connectivity index (χ2n) is 5.34. The topological polar surface area (TPSA) is 69.2 Å². The van der Waals surface area contributed by atoms with Crippen LogP contribution in [0.4, 0.5) is 5.69 Å². The quantitative estimate of drug-likeness (QED) is 0.754. The highest BCUT2D eigenvalue weighted by molar-refractivity contribution is 6.30. The number of halogens is 1. The average Bonchev–Trinajstić information content (AvgIpc) is 3.11. The fourth-order valence-corrected chi connectivity index (χ4v) is 2.98. The number of aliphatic hydroxyl groups is 1. The summed E-state index contributed by atoms with van der Waals surface area (Å²) in [5.41, 5.74) is 3.13. The second-order valence-corrected chi connectivity index (χ2v) is 5.77. The zero-order valence-corrected chi connectivity index (χ0v) is 12.7. The van der Waals surface area contributed by atoms with Crippen LogP contribution in [0.5, 0.6) is 0 Å². The lowest BCUT2D eigenvalue weighted by molar-refractivity contribution is -0.113. The molecule has 1 aromatic heterocycles. The molecule has 1 unspecified atom stereocenters. The van der Waals surface area contributed by atoms with Crippen molar-refractivity contribution in [2.45, 2.75) is 6.04 Å². The van der Waals surface area contributed by atoms with Gasteiger partial charge in [0.15, 0.2) is 0 Å². The number of imidazole rings is 1. The normalized spacial score (nSPS) is 17.8. The number of aromatic nitrogens is 2. The molecule has 0 fully saturated rings. The summed E-state index contributed by atoms with van der Waals surface area (Å²) in [4.78, 5) is 21.1. The third-order valence-electron chi connectivity index (χ3n) is 3.91. The standard InChI is InChI=1S/C17H12ClN3O2/c18-11-3-1-10(2-4-11)17-15(22)8-16(23)21(17)12-5-6-13-14(7-12)20-9-19-13/h1-9,17,22H,(H,19,20). The summed E-state index contributed by atoms with van der Waals surface area (Å²) >= 11 is 5.92. The SMILES string of the molecule is O=C1C=C(O)C(c2ccc(Cl)cc2)N1c1ccc2nc[nH]c2c1. The van der Waals surface area contributed by atoms with Crippen molar-refractivity contribution in [3.63, 3.8) is 0 Å². The Labute approximate surface area is 136 Å². The summed E-state index contributed by atoms with van der Waals surface area (Å²) in [6.07, 6.45) is 2.85. The van der Waals surface area contributed by atoms with Gasteiger partial charge in [-0.15, -0.1) is 0 Å². The Kier molecular flexibility index (Phi) is 3.09. The first-order valence-corrected chi connectivity index (χ1v) is 7.43. The summed E-state index contributed by atoms with van der Waals surface area (Å²) < 4.78 is 0. The molecule has 2 heterocycles. The Bertz CT molecular complexity index is 930. The van der Waals surface area contributed by atoms with Crippen molar-refractivity contribution in [2.75, 3.05) is 4.90 Å². The summed E-state index contributed by atoms with van der Waals surface area (Å²) in [5.74, 6) is -0.247. The van der Waals surface area contributed by atoms with E-state index in [9.17, 15) is 9.90 Å². The summed E-state index contributed by atoms with van der Waals surface area (Å²) in [6.45, 7) is 0. The van der Waals surface area contributed by atoms with E-state index in [0.29, 0.717) is 10.7 Å². The third kappa shape index (κ3) is 2.26. The van der Waals surface area contributed by atoms with Gasteiger partial charge in [-0.1, -0.05) is 23.7 Å². The number of aromatic amines is 1. The Morgan fingerprint density at radius 2 is 1.96 bits per heavy atom. The van der Waals surface area contributed by atoms with Crippen molar-refractivity contribution in [1.82, 2.24) is 9.97 Å². The maximum absolute atomic E-state index is 12.3. The van der Waals surface area contributed by atoms with Crippen LogP contribution >= 0.6 is 11.6 Å². The van der Waals surface area contributed by atoms with E-state index >= 15 is 0 Å². The molecule has 1 amide bonds. The van der Waals surface area contributed by atoms with E-state index in [1.165, 1.54) is 6.08 Å². The molecule has 23 heavy (non-hydrogen) atoms. The van der Waals surface area contributed by atoms with Gasteiger partial charge in [-0.25, -0.2) is 4.98 Å². The second kappa shape index (κ2) is 5.14. The molecule has 0 saturated heterocycles. The molecule has 1 atom stereocenters. The van der Waals surface area contributed by atoms with Gasteiger partial charge in [-0.05, 0) is 35.9 Å². The van der Waals surface area contributed by atoms with Gasteiger partial charge in [0.05, 0.1) is 17.4 Å². The smallest absolute Gasteiger partial charge is 0.255 e. The monoisotopic (exact) mass is 325 g/mol. The van der Waals surface area contributed by atoms with E-state index in [1.807, 2.05) is 18.2 Å². The zero-order chi connectivity index (χ0) is 16.0. The van der Waals surface area contributed by atoms with Gasteiger partial charge < -0.3 is 10.1 Å². The molecule has 0 bridgehead atoms. The van der Waals surface area contributed by atoms with Crippen LogP contribution in [0.1, 0.15) is 11.6 Å². The molecule has 114 valence electrons. The number of nitrogens with one attached hydrogen (secondary N) is 1. The van der Waals surface area contributed by atoms with Crippen molar-refractivity contribution in [1.29, 1.82) is 0 Å². The Morgan fingerprint density at radius 1 is 1.17 bits per heavy atom. The van der Waals surface area contributed by atoms with Crippen LogP contribution < -0.4 is 4.90 Å². The molecule has 6 heteroatoms. The van der Waals surface area contributed by atoms with E-state index < -0.39 is 6.04 Å². The van der Waals surface area contributed by atoms with Gasteiger partial charge in [0.2, 0.25) is 0 Å². The third-order valence-corrected chi connectivity index (χ3v) is 4.17. The lowest BCUT2D eigenvalue weighted by Gasteiger charge is -2.26. The van der Waals surface area contributed by atoms with Gasteiger partial charge in [-0.3, -0.25) is 9.69 Å². The average molecular weight is 326 g/mol. The fourth-order valence-electron chi connectivity index (χ4n) is 2.85. The van der Waals surface area contributed by atoms with E-state index in [1.54, 1.807) is 35.5 Å². The lowest BCUT2D eigenvalue weighted by Crippen LogP contribution is -2.29. The minimum Gasteiger partial charge on any atom is -0.510 e. The molecule has 1 aliphatic heterocycles. The molecular weight excluding hydrogens is 314 g/mol. The van der Waals surface area contributed by atoms with E-state index in [-0.39, 0.29) is 11.7 Å². The van der Waals surface area contributed by atoms with Gasteiger partial charge in [0.25, 0.3) is 5.91 Å². The van der Waals surface area contributed by atoms with E-state index in [0.717, 1.165) is 16.6 Å². The molecular formula is C17H12ClN3O2. The van der Waals surface area contributed by atoms with Crippen LogP contribution in [0.2, 0.25) is 5.02 Å². The first-order chi connectivity index (χ1) is 11.1. The first kappa shape index (κ1) is 13.8. The maximum atomic E-state index is 12.3. The number of hydrogen-bond donors (Lipinski definition) is 2. The molecule has 1 aliphatic rings. The Morgan fingerprint density at radius 3 is 2.74 bits per heavy atom. The van der Waals surface area contributed by atoms with Crippen LogP contribution in [0, 0.1) is 0 Å². The summed E-state index contributed by atoms with van der Waals surface area (Å²) in [6, 6.07) is 12.0. The number of fused-ring (bicyclic) bond motifs is 1. The number of anilines is 1. The van der Waals surface area contributed by atoms with Crippen LogP contribution in [0.3, 0.4) is 0 Å². The zero-order valence-electron chi connectivity index (χ0n) is 11.9. The molecule has 0 radical (unpaired) electrons. The predicted molar refractivity (Wildman–Crippen MR) is 88.5 cm³/mol. The van der Waals surface area contributed by atoms with E-state index in [2.05, 4.69) is 9.97 Å². The Hall–Kier alpha value is -2.79. The van der Waals surface area contributed by atoms with Crippen molar-refractivity contribution in [3.05, 3.63) is 71.2 Å². The fraction of sp³-hybridized carbons (Fsp3) is 0.0588. The number of H-pyrrole nitrogens is 1. The van der Waals surface area contributed by atoms with Gasteiger partial charge in [0, 0.05) is 16.8 Å². The predicted octanol–water partition coefficient (Wildman–Crippen LogP) is 3.75. The van der Waals surface area contributed by atoms with Crippen molar-refractivity contribution >= 4 is 34.2 Å². The Balaban J connectivity index is 1.81. The lowest BCUT2D eigenvalue weighted by atomic mass is 10.0. The van der Waals surface area contributed by atoms with Gasteiger partial charge >= 0.3 is 0 Å². The highest BCUT2D eigenvalue weighted by atomic mass is 35.5. The highest BCUT2D eigenvalue weighted by Gasteiger charge is 2.35. The number of nitrogens with zero attached hydrogens (tertiary/aromatic N) is 2. The molecule has 2 aromatic carbocycles. The minimum atomic E-state index is -0.555. The molecule has 0 spiro atoms. The molecule has 0 saturated carbocycles. The van der Waals surface area contributed by atoms with E-state index in [4.69, 9.17) is 11.6 Å². The van der Waals surface area contributed by atoms with Crippen molar-refractivity contribution in [3.8, 4) is 0 Å². The summed E-state index contributed by atoms with van der Waals surface area (Å²) in [7, 11) is 0. The van der Waals surface area contributed by atoms with Gasteiger partial charge in [0.1, 0.15) is 11.8 Å². The highest BCUT2D eigenvalue weighted by Crippen LogP contribution is 2.37. The van der Waals surface area contributed by atoms with Crippen LogP contribution in [-0.2, 0) is 4.79 Å². The molecule has 2 N–H and O–H groups in total. The summed E-state index contributed by atoms with van der Waals surface area (Å²) in [5, 5.41) is 10.8. The first-order valence-electron chi connectivity index (χ1n) is 7.06. The number of aliphatic hydroxyl groups excluding tert-OH is 1. The van der Waals surface area contributed by atoms with Crippen LogP contribution in [-0.4, -0.2) is 21.0 Å². The minimum absolute atomic E-state index is 0.0158. The van der Waals surface area contributed by atoms with Crippen LogP contribution in [0.15, 0.2) is 60.6 Å². The number of hydrogen-bond acceptors (Lipinski definition) is 3. The number of rotatable bonds is 2. The molecule has 3 aromatic rings. The van der Waals surface area contributed by atoms with Crippen LogP contribution in [0.25, 0.3) is 11.0 Å². The number of benzene rings is 2. The van der Waals surface area contributed by atoms with Gasteiger partial charge in [-0.2, -0.15) is 0 Å². The molecule has 4 rings (SSSR count). The number of amides is 1. The van der Waals surface area contributed by atoms with Crippen molar-refractivity contribution in [2.24, 2.45) is 0 Å². The molecule has 0 aliphatic carbocycles. The number of carbonyl (C=O) groups is 1. The largest absolute Gasteiger partial charge is 0.510 e.